The first kappa shape index (κ1) is 25.3. The lowest BCUT2D eigenvalue weighted by Crippen LogP contribution is -2.27. The van der Waals surface area contributed by atoms with Crippen molar-refractivity contribution < 1.29 is 13.9 Å². The number of hydrogen-bond acceptors (Lipinski definition) is 5. The summed E-state index contributed by atoms with van der Waals surface area (Å²) in [6.07, 6.45) is 1.79. The Labute approximate surface area is 222 Å². The third-order valence-electron chi connectivity index (χ3n) is 6.05. The summed E-state index contributed by atoms with van der Waals surface area (Å²) < 4.78 is 20.1. The van der Waals surface area contributed by atoms with Gasteiger partial charge < -0.3 is 15.0 Å². The van der Waals surface area contributed by atoms with Crippen LogP contribution in [-0.4, -0.2) is 33.3 Å². The second-order valence-corrected chi connectivity index (χ2v) is 9.56. The molecule has 0 radical (unpaired) electrons. The monoisotopic (exact) mass is 528 g/mol. The van der Waals surface area contributed by atoms with Gasteiger partial charge in [0.25, 0.3) is 5.56 Å². The molecule has 0 saturated carbocycles. The number of carbonyl (C=O) groups is 1. The molecule has 192 valence electrons. The Bertz CT molecular complexity index is 1630. The van der Waals surface area contributed by atoms with Gasteiger partial charge in [0.05, 0.1) is 19.4 Å². The van der Waals surface area contributed by atoms with Crippen LogP contribution in [0.25, 0.3) is 22.2 Å². The van der Waals surface area contributed by atoms with E-state index < -0.39 is 0 Å². The van der Waals surface area contributed by atoms with Gasteiger partial charge in [0, 0.05) is 18.3 Å². The van der Waals surface area contributed by atoms with Gasteiger partial charge in [-0.25, -0.2) is 9.37 Å². The van der Waals surface area contributed by atoms with E-state index in [0.717, 1.165) is 22.3 Å². The zero-order valence-electron chi connectivity index (χ0n) is 20.6. The Morgan fingerprint density at radius 1 is 1.05 bits per heavy atom. The first-order chi connectivity index (χ1) is 18.5. The molecule has 9 heteroatoms. The van der Waals surface area contributed by atoms with Crippen molar-refractivity contribution in [3.63, 3.8) is 0 Å². The summed E-state index contributed by atoms with van der Waals surface area (Å²) in [5.41, 5.74) is 4.13. The largest absolute Gasteiger partial charge is 0.497 e. The Kier molecular flexibility index (Phi) is 7.55. The SMILES string of the molecule is COc1cccc(Cn2c(SCC(=O)NCc3ccc(F)cc3)nc3c(-c4ccccc4)c[nH]c3c2=O)c1. The van der Waals surface area contributed by atoms with Crippen LogP contribution in [0.4, 0.5) is 4.39 Å². The van der Waals surface area contributed by atoms with E-state index in [9.17, 15) is 14.0 Å². The standard InChI is InChI=1S/C29H25FN4O3S/c1-37-23-9-5-6-20(14-23)17-34-28(36)27-26(24(16-32-27)21-7-3-2-4-8-21)33-29(34)38-18-25(35)31-15-19-10-12-22(30)13-11-19/h2-14,16,32H,15,17-18H2,1H3,(H,31,35). The predicted molar refractivity (Wildman–Crippen MR) is 147 cm³/mol. The number of ether oxygens (including phenoxy) is 1. The first-order valence-corrected chi connectivity index (χ1v) is 12.9. The molecule has 3 aromatic carbocycles. The van der Waals surface area contributed by atoms with E-state index in [2.05, 4.69) is 10.3 Å². The number of benzene rings is 3. The topological polar surface area (TPSA) is 89.0 Å². The molecule has 1 amide bonds. The zero-order chi connectivity index (χ0) is 26.5. The van der Waals surface area contributed by atoms with Gasteiger partial charge in [-0.2, -0.15) is 0 Å². The molecular formula is C29H25FN4O3S. The molecular weight excluding hydrogens is 503 g/mol. The second-order valence-electron chi connectivity index (χ2n) is 8.62. The van der Waals surface area contributed by atoms with Gasteiger partial charge in [0.2, 0.25) is 5.91 Å². The van der Waals surface area contributed by atoms with Gasteiger partial charge in [-0.05, 0) is 41.0 Å². The third-order valence-corrected chi connectivity index (χ3v) is 7.02. The number of thioether (sulfide) groups is 1. The van der Waals surface area contributed by atoms with Gasteiger partial charge in [0.15, 0.2) is 5.16 Å². The van der Waals surface area contributed by atoms with Gasteiger partial charge >= 0.3 is 0 Å². The lowest BCUT2D eigenvalue weighted by atomic mass is 10.1. The molecule has 5 rings (SSSR count). The number of nitrogens with zero attached hydrogens (tertiary/aromatic N) is 2. The maximum Gasteiger partial charge on any atom is 0.278 e. The fraction of sp³-hybridized carbons (Fsp3) is 0.138. The summed E-state index contributed by atoms with van der Waals surface area (Å²) >= 11 is 1.19. The number of hydrogen-bond donors (Lipinski definition) is 2. The summed E-state index contributed by atoms with van der Waals surface area (Å²) in [6.45, 7) is 0.539. The van der Waals surface area contributed by atoms with Crippen LogP contribution in [-0.2, 0) is 17.9 Å². The highest BCUT2D eigenvalue weighted by molar-refractivity contribution is 7.99. The average molecular weight is 529 g/mol. The van der Waals surface area contributed by atoms with E-state index in [1.165, 1.54) is 23.9 Å². The fourth-order valence-electron chi connectivity index (χ4n) is 4.10. The highest BCUT2D eigenvalue weighted by Crippen LogP contribution is 2.28. The Morgan fingerprint density at radius 2 is 1.84 bits per heavy atom. The van der Waals surface area contributed by atoms with Crippen molar-refractivity contribution in [2.75, 3.05) is 12.9 Å². The molecule has 0 atom stereocenters. The highest BCUT2D eigenvalue weighted by atomic mass is 32.2. The van der Waals surface area contributed by atoms with Crippen molar-refractivity contribution in [1.82, 2.24) is 19.9 Å². The van der Waals surface area contributed by atoms with Crippen molar-refractivity contribution >= 4 is 28.7 Å². The zero-order valence-corrected chi connectivity index (χ0v) is 21.4. The van der Waals surface area contributed by atoms with Crippen molar-refractivity contribution in [3.8, 4) is 16.9 Å². The lowest BCUT2D eigenvalue weighted by Gasteiger charge is -2.13. The lowest BCUT2D eigenvalue weighted by molar-refractivity contribution is -0.118. The molecule has 2 aromatic heterocycles. The van der Waals surface area contributed by atoms with Gasteiger partial charge in [0.1, 0.15) is 22.6 Å². The molecule has 0 bridgehead atoms. The highest BCUT2D eigenvalue weighted by Gasteiger charge is 2.18. The third kappa shape index (κ3) is 5.63. The molecule has 0 spiro atoms. The quantitative estimate of drug-likeness (QED) is 0.208. The molecule has 0 aliphatic carbocycles. The maximum atomic E-state index is 13.7. The molecule has 38 heavy (non-hydrogen) atoms. The number of nitrogens with one attached hydrogen (secondary N) is 2. The van der Waals surface area contributed by atoms with Crippen molar-refractivity contribution in [3.05, 3.63) is 112 Å². The van der Waals surface area contributed by atoms with Crippen LogP contribution in [0, 0.1) is 5.82 Å². The van der Waals surface area contributed by atoms with Crippen LogP contribution < -0.4 is 15.6 Å². The van der Waals surface area contributed by atoms with Gasteiger partial charge in [-0.3, -0.25) is 14.2 Å². The van der Waals surface area contributed by atoms with Crippen molar-refractivity contribution in [1.29, 1.82) is 0 Å². The summed E-state index contributed by atoms with van der Waals surface area (Å²) in [5, 5.41) is 3.27. The van der Waals surface area contributed by atoms with Crippen LogP contribution in [0.1, 0.15) is 11.1 Å². The number of carbonyl (C=O) groups excluding carboxylic acids is 1. The number of methoxy groups -OCH3 is 1. The summed E-state index contributed by atoms with van der Waals surface area (Å²) in [7, 11) is 1.59. The molecule has 0 aliphatic heterocycles. The average Bonchev–Trinajstić information content (AvgIpc) is 3.38. The first-order valence-electron chi connectivity index (χ1n) is 12.0. The Hall–Kier alpha value is -4.37. The molecule has 5 aromatic rings. The smallest absolute Gasteiger partial charge is 0.278 e. The molecule has 0 fully saturated rings. The minimum absolute atomic E-state index is 0.0579. The predicted octanol–water partition coefficient (Wildman–Crippen LogP) is 5.00. The number of aromatic nitrogens is 3. The fourth-order valence-corrected chi connectivity index (χ4v) is 4.92. The number of halogens is 1. The molecule has 2 N–H and O–H groups in total. The van der Waals surface area contributed by atoms with Gasteiger partial charge in [-0.15, -0.1) is 0 Å². The van der Waals surface area contributed by atoms with E-state index in [-0.39, 0.29) is 36.1 Å². The summed E-state index contributed by atoms with van der Waals surface area (Å²) in [6, 6.07) is 23.2. The Balaban J connectivity index is 1.45. The molecule has 0 aliphatic rings. The van der Waals surface area contributed by atoms with Gasteiger partial charge in [-0.1, -0.05) is 66.4 Å². The number of aromatic amines is 1. The summed E-state index contributed by atoms with van der Waals surface area (Å²) in [4.78, 5) is 34.3. The van der Waals surface area contributed by atoms with E-state index in [1.807, 2.05) is 54.6 Å². The van der Waals surface area contributed by atoms with Crippen LogP contribution in [0.5, 0.6) is 5.75 Å². The van der Waals surface area contributed by atoms with Crippen LogP contribution in [0.15, 0.2) is 95.0 Å². The number of fused-ring (bicyclic) bond motifs is 1. The van der Waals surface area contributed by atoms with Crippen molar-refractivity contribution in [2.24, 2.45) is 0 Å². The number of H-pyrrole nitrogens is 1. The van der Waals surface area contributed by atoms with Crippen molar-refractivity contribution in [2.45, 2.75) is 18.2 Å². The van der Waals surface area contributed by atoms with Crippen LogP contribution in [0.2, 0.25) is 0 Å². The normalized spacial score (nSPS) is 11.0. The summed E-state index contributed by atoms with van der Waals surface area (Å²) in [5.74, 6) is 0.192. The maximum absolute atomic E-state index is 13.7. The number of amides is 1. The Morgan fingerprint density at radius 3 is 2.61 bits per heavy atom. The van der Waals surface area contributed by atoms with Crippen LogP contribution in [0.3, 0.4) is 0 Å². The van der Waals surface area contributed by atoms with E-state index in [4.69, 9.17) is 9.72 Å². The molecule has 0 unspecified atom stereocenters. The number of rotatable bonds is 9. The van der Waals surface area contributed by atoms with E-state index >= 15 is 0 Å². The van der Waals surface area contributed by atoms with Crippen LogP contribution >= 0.6 is 11.8 Å². The second kappa shape index (κ2) is 11.4. The minimum atomic E-state index is -0.328. The molecule has 7 nitrogen and oxygen atoms in total. The van der Waals surface area contributed by atoms with E-state index in [1.54, 1.807) is 30.0 Å². The minimum Gasteiger partial charge on any atom is -0.497 e. The molecule has 2 heterocycles. The molecule has 0 saturated heterocycles. The van der Waals surface area contributed by atoms with E-state index in [0.29, 0.717) is 21.9 Å².